The Morgan fingerprint density at radius 3 is 2.27 bits per heavy atom. The molecular formula is C30H49NO6. The van der Waals surface area contributed by atoms with Crippen molar-refractivity contribution >= 4 is 5.91 Å². The molecule has 7 nitrogen and oxygen atoms in total. The summed E-state index contributed by atoms with van der Waals surface area (Å²) in [6.07, 6.45) is 11.2. The minimum atomic E-state index is -0.969. The molecule has 2 aliphatic heterocycles. The summed E-state index contributed by atoms with van der Waals surface area (Å²) in [4.78, 5) is 12.8. The van der Waals surface area contributed by atoms with Crippen LogP contribution in [-0.4, -0.2) is 54.1 Å². The number of fused-ring (bicyclic) bond motifs is 1. The number of unbranched alkanes of at least 4 members (excludes halogenated alkanes) is 10. The third-order valence-corrected chi connectivity index (χ3v) is 7.28. The lowest BCUT2D eigenvalue weighted by molar-refractivity contribution is -0.369. The van der Waals surface area contributed by atoms with Crippen molar-refractivity contribution in [2.45, 2.75) is 141 Å². The van der Waals surface area contributed by atoms with Gasteiger partial charge in [0.25, 0.3) is 0 Å². The number of aliphatic hydroxyl groups excluding tert-OH is 1. The molecule has 0 radical (unpaired) electrons. The Kier molecular flexibility index (Phi) is 12.8. The summed E-state index contributed by atoms with van der Waals surface area (Å²) in [6, 6.07) is 9.06. The number of amides is 1. The predicted molar refractivity (Wildman–Crippen MR) is 144 cm³/mol. The number of aliphatic hydroxyl groups is 1. The largest absolute Gasteiger partial charge is 0.388 e. The van der Waals surface area contributed by atoms with Gasteiger partial charge < -0.3 is 29.4 Å². The van der Waals surface area contributed by atoms with Crippen molar-refractivity contribution in [3.05, 3.63) is 35.9 Å². The van der Waals surface area contributed by atoms with Crippen LogP contribution in [0.5, 0.6) is 0 Å². The zero-order valence-electron chi connectivity index (χ0n) is 23.2. The van der Waals surface area contributed by atoms with Crippen molar-refractivity contribution in [3.63, 3.8) is 0 Å². The van der Waals surface area contributed by atoms with Gasteiger partial charge in [-0.3, -0.25) is 4.79 Å². The second-order valence-electron chi connectivity index (χ2n) is 11.0. The van der Waals surface area contributed by atoms with Crippen molar-refractivity contribution in [1.82, 2.24) is 5.32 Å². The molecule has 0 saturated carbocycles. The van der Waals surface area contributed by atoms with Crippen LogP contribution in [0, 0.1) is 0 Å². The number of carbonyl (C=O) groups is 1. The molecule has 1 aromatic carbocycles. The number of benzene rings is 1. The van der Waals surface area contributed by atoms with Crippen molar-refractivity contribution < 1.29 is 28.8 Å². The van der Waals surface area contributed by atoms with E-state index in [9.17, 15) is 9.90 Å². The molecule has 2 aliphatic rings. The second-order valence-corrected chi connectivity index (χ2v) is 11.0. The summed E-state index contributed by atoms with van der Waals surface area (Å²) in [5.41, 5.74) is 0.992. The number of carbonyl (C=O) groups excluding carboxylic acids is 1. The standard InChI is InChI=1S/C30H49NO6/c1-4-5-6-7-8-9-10-11-12-13-17-20-25(32)31-26-27(33)28-24(22-35-30(2,3)37-28)36-29(26)34-21-23-18-15-14-16-19-23/h14-16,18-19,24,26-29,33H,4-13,17,20-22H2,1-3H3,(H,31,32)/t24-,26-,27-,28-,29-/m1/s1. The Morgan fingerprint density at radius 2 is 1.62 bits per heavy atom. The zero-order valence-corrected chi connectivity index (χ0v) is 23.2. The van der Waals surface area contributed by atoms with Crippen LogP contribution in [0.1, 0.15) is 103 Å². The zero-order chi connectivity index (χ0) is 26.5. The second kappa shape index (κ2) is 15.8. The minimum Gasteiger partial charge on any atom is -0.388 e. The van der Waals surface area contributed by atoms with E-state index in [4.69, 9.17) is 18.9 Å². The molecule has 210 valence electrons. The van der Waals surface area contributed by atoms with E-state index in [1.807, 2.05) is 44.2 Å². The molecule has 2 heterocycles. The van der Waals surface area contributed by atoms with Crippen LogP contribution in [0.3, 0.4) is 0 Å². The Balaban J connectivity index is 1.43. The van der Waals surface area contributed by atoms with E-state index in [2.05, 4.69) is 12.2 Å². The third kappa shape index (κ3) is 10.3. The summed E-state index contributed by atoms with van der Waals surface area (Å²) < 4.78 is 23.9. The van der Waals surface area contributed by atoms with E-state index >= 15 is 0 Å². The normalized spacial score (nSPS) is 27.0. The molecule has 1 aromatic rings. The highest BCUT2D eigenvalue weighted by Crippen LogP contribution is 2.33. The predicted octanol–water partition coefficient (Wildman–Crippen LogP) is 5.63. The minimum absolute atomic E-state index is 0.0957. The molecule has 37 heavy (non-hydrogen) atoms. The lowest BCUT2D eigenvalue weighted by Gasteiger charge is -2.49. The summed E-state index contributed by atoms with van der Waals surface area (Å²) in [5, 5.41) is 14.2. The molecule has 2 fully saturated rings. The molecule has 0 spiro atoms. The fourth-order valence-electron chi connectivity index (χ4n) is 5.10. The van der Waals surface area contributed by atoms with Crippen LogP contribution in [0.4, 0.5) is 0 Å². The average Bonchev–Trinajstić information content (AvgIpc) is 2.88. The lowest BCUT2D eigenvalue weighted by Crippen LogP contribution is -2.68. The van der Waals surface area contributed by atoms with Gasteiger partial charge in [-0.15, -0.1) is 0 Å². The first-order valence-corrected chi connectivity index (χ1v) is 14.5. The van der Waals surface area contributed by atoms with Gasteiger partial charge in [0.2, 0.25) is 5.91 Å². The van der Waals surface area contributed by atoms with Gasteiger partial charge in [0.15, 0.2) is 12.1 Å². The van der Waals surface area contributed by atoms with Crippen LogP contribution >= 0.6 is 0 Å². The van der Waals surface area contributed by atoms with Crippen molar-refractivity contribution in [2.24, 2.45) is 0 Å². The number of rotatable bonds is 16. The maximum atomic E-state index is 12.8. The van der Waals surface area contributed by atoms with Gasteiger partial charge in [0.1, 0.15) is 24.4 Å². The first kappa shape index (κ1) is 30.0. The molecule has 3 rings (SSSR count). The molecule has 0 aromatic heterocycles. The molecule has 5 atom stereocenters. The van der Waals surface area contributed by atoms with Crippen molar-refractivity contribution in [1.29, 1.82) is 0 Å². The van der Waals surface area contributed by atoms with Crippen LogP contribution in [0.25, 0.3) is 0 Å². The molecule has 2 N–H and O–H groups in total. The maximum Gasteiger partial charge on any atom is 0.220 e. The monoisotopic (exact) mass is 519 g/mol. The molecule has 7 heteroatoms. The van der Waals surface area contributed by atoms with Gasteiger partial charge in [0, 0.05) is 6.42 Å². The number of hydrogen-bond donors (Lipinski definition) is 2. The molecule has 2 saturated heterocycles. The SMILES string of the molecule is CCCCCCCCCCCCCC(=O)N[C@H]1[C@H](OCc2ccccc2)O[C@@H]2COC(C)(C)O[C@H]2[C@@H]1O. The van der Waals surface area contributed by atoms with Crippen molar-refractivity contribution in [3.8, 4) is 0 Å². The van der Waals surface area contributed by atoms with Gasteiger partial charge in [-0.25, -0.2) is 0 Å². The van der Waals surface area contributed by atoms with Crippen LogP contribution in [-0.2, 0) is 30.3 Å². The quantitative estimate of drug-likeness (QED) is 0.276. The lowest BCUT2D eigenvalue weighted by atomic mass is 9.95. The highest BCUT2D eigenvalue weighted by atomic mass is 16.8. The van der Waals surface area contributed by atoms with Gasteiger partial charge >= 0.3 is 0 Å². The van der Waals surface area contributed by atoms with Crippen LogP contribution in [0.15, 0.2) is 30.3 Å². The van der Waals surface area contributed by atoms with E-state index in [1.54, 1.807) is 0 Å². The number of nitrogens with one attached hydrogen (secondary N) is 1. The smallest absolute Gasteiger partial charge is 0.220 e. The third-order valence-electron chi connectivity index (χ3n) is 7.28. The summed E-state index contributed by atoms with van der Waals surface area (Å²) in [5.74, 6) is -0.922. The van der Waals surface area contributed by atoms with E-state index < -0.39 is 36.4 Å². The van der Waals surface area contributed by atoms with E-state index in [0.717, 1.165) is 24.8 Å². The fraction of sp³-hybridized carbons (Fsp3) is 0.767. The first-order chi connectivity index (χ1) is 17.9. The maximum absolute atomic E-state index is 12.8. The van der Waals surface area contributed by atoms with Crippen LogP contribution in [0.2, 0.25) is 0 Å². The molecule has 0 aliphatic carbocycles. The van der Waals surface area contributed by atoms with E-state index in [1.165, 1.54) is 51.4 Å². The Hall–Kier alpha value is -1.51. The number of hydrogen-bond acceptors (Lipinski definition) is 6. The fourth-order valence-corrected chi connectivity index (χ4v) is 5.10. The van der Waals surface area contributed by atoms with Crippen LogP contribution < -0.4 is 5.32 Å². The molecule has 0 unspecified atom stereocenters. The topological polar surface area (TPSA) is 86.3 Å². The van der Waals surface area contributed by atoms with Gasteiger partial charge in [-0.05, 0) is 25.8 Å². The highest BCUT2D eigenvalue weighted by molar-refractivity contribution is 5.76. The van der Waals surface area contributed by atoms with Gasteiger partial charge in [-0.1, -0.05) is 101 Å². The Bertz CT molecular complexity index is 773. The van der Waals surface area contributed by atoms with E-state index in [0.29, 0.717) is 19.6 Å². The van der Waals surface area contributed by atoms with Gasteiger partial charge in [0.05, 0.1) is 13.2 Å². The molecule has 0 bridgehead atoms. The van der Waals surface area contributed by atoms with Crippen molar-refractivity contribution in [2.75, 3.05) is 6.61 Å². The molecular weight excluding hydrogens is 470 g/mol. The van der Waals surface area contributed by atoms with E-state index in [-0.39, 0.29) is 5.91 Å². The summed E-state index contributed by atoms with van der Waals surface area (Å²) in [6.45, 7) is 6.48. The summed E-state index contributed by atoms with van der Waals surface area (Å²) in [7, 11) is 0. The first-order valence-electron chi connectivity index (χ1n) is 14.5. The average molecular weight is 520 g/mol. The Morgan fingerprint density at radius 1 is 1.00 bits per heavy atom. The Labute approximate surface area is 223 Å². The number of ether oxygens (including phenoxy) is 4. The highest BCUT2D eigenvalue weighted by Gasteiger charge is 2.51. The molecule has 1 amide bonds. The van der Waals surface area contributed by atoms with Gasteiger partial charge in [-0.2, -0.15) is 0 Å². The summed E-state index contributed by atoms with van der Waals surface area (Å²) >= 11 is 0.